The molecule has 0 spiro atoms. The fraction of sp³-hybridized carbons (Fsp3) is 0.300. The Bertz CT molecular complexity index is 952. The molecule has 2 aromatic heterocycles. The fourth-order valence-electron chi connectivity index (χ4n) is 2.97. The first-order valence-corrected chi connectivity index (χ1v) is 9.03. The van der Waals surface area contributed by atoms with E-state index >= 15 is 0 Å². The highest BCUT2D eigenvalue weighted by molar-refractivity contribution is 5.79. The van der Waals surface area contributed by atoms with Gasteiger partial charge < -0.3 is 15.4 Å². The number of hydrogen-bond donors (Lipinski definition) is 2. The molecular weight excluding hydrogens is 358 g/mol. The molecule has 0 radical (unpaired) electrons. The molecule has 146 valence electrons. The van der Waals surface area contributed by atoms with Gasteiger partial charge in [-0.25, -0.2) is 0 Å². The van der Waals surface area contributed by atoms with Crippen LogP contribution in [-0.2, 0) is 16.0 Å². The first-order chi connectivity index (χ1) is 13.6. The van der Waals surface area contributed by atoms with Gasteiger partial charge in [0.2, 0.25) is 11.8 Å². The normalized spacial score (nSPS) is 11.8. The second-order valence-corrected chi connectivity index (χ2v) is 6.38. The zero-order valence-corrected chi connectivity index (χ0v) is 15.9. The summed E-state index contributed by atoms with van der Waals surface area (Å²) in [7, 11) is 1.59. The van der Waals surface area contributed by atoms with E-state index < -0.39 is 6.04 Å². The number of nitrogens with one attached hydrogen (secondary N) is 2. The maximum absolute atomic E-state index is 12.4. The molecule has 0 saturated carbocycles. The highest BCUT2D eigenvalue weighted by Crippen LogP contribution is 2.20. The van der Waals surface area contributed by atoms with Crippen molar-refractivity contribution in [3.63, 3.8) is 0 Å². The van der Waals surface area contributed by atoms with E-state index in [0.717, 1.165) is 22.8 Å². The van der Waals surface area contributed by atoms with Crippen LogP contribution in [0.25, 0.3) is 5.65 Å². The Balaban J connectivity index is 1.57. The van der Waals surface area contributed by atoms with Crippen molar-refractivity contribution >= 4 is 17.5 Å². The highest BCUT2D eigenvalue weighted by atomic mass is 16.5. The second kappa shape index (κ2) is 8.98. The van der Waals surface area contributed by atoms with Crippen LogP contribution in [0.2, 0.25) is 0 Å². The van der Waals surface area contributed by atoms with Gasteiger partial charge >= 0.3 is 0 Å². The third-order valence-electron chi connectivity index (χ3n) is 4.34. The van der Waals surface area contributed by atoms with Crippen molar-refractivity contribution in [3.8, 4) is 5.75 Å². The van der Waals surface area contributed by atoms with Gasteiger partial charge in [-0.15, -0.1) is 10.2 Å². The van der Waals surface area contributed by atoms with Gasteiger partial charge in [-0.3, -0.25) is 14.0 Å². The second-order valence-electron chi connectivity index (χ2n) is 6.38. The Morgan fingerprint density at radius 2 is 1.93 bits per heavy atom. The molecule has 1 unspecified atom stereocenters. The number of nitrogens with zero attached hydrogens (tertiary/aromatic N) is 3. The predicted octanol–water partition coefficient (Wildman–Crippen LogP) is 1.66. The van der Waals surface area contributed by atoms with Crippen molar-refractivity contribution < 1.29 is 14.3 Å². The first kappa shape index (κ1) is 19.3. The Morgan fingerprint density at radius 1 is 1.14 bits per heavy atom. The monoisotopic (exact) mass is 381 g/mol. The van der Waals surface area contributed by atoms with Crippen LogP contribution in [0.5, 0.6) is 5.75 Å². The van der Waals surface area contributed by atoms with Crippen LogP contribution < -0.4 is 15.4 Å². The van der Waals surface area contributed by atoms with E-state index in [4.69, 9.17) is 4.74 Å². The van der Waals surface area contributed by atoms with Gasteiger partial charge in [0.15, 0.2) is 5.65 Å². The number of benzene rings is 1. The van der Waals surface area contributed by atoms with Gasteiger partial charge in [0.05, 0.1) is 19.6 Å². The van der Waals surface area contributed by atoms with E-state index in [1.165, 1.54) is 6.92 Å². The van der Waals surface area contributed by atoms with Crippen molar-refractivity contribution in [2.45, 2.75) is 25.8 Å². The molecule has 0 aliphatic heterocycles. The zero-order valence-electron chi connectivity index (χ0n) is 15.9. The van der Waals surface area contributed by atoms with Crippen LogP contribution >= 0.6 is 0 Å². The van der Waals surface area contributed by atoms with Crippen molar-refractivity contribution in [1.82, 2.24) is 25.2 Å². The molecule has 8 heteroatoms. The molecular formula is C20H23N5O3. The Labute approximate surface area is 162 Å². The number of methoxy groups -OCH3 is 1. The van der Waals surface area contributed by atoms with Gasteiger partial charge in [0.1, 0.15) is 11.6 Å². The van der Waals surface area contributed by atoms with Crippen LogP contribution in [0.1, 0.15) is 30.8 Å². The van der Waals surface area contributed by atoms with Crippen molar-refractivity contribution in [3.05, 3.63) is 60.0 Å². The number of rotatable bonds is 8. The molecule has 8 nitrogen and oxygen atoms in total. The van der Waals surface area contributed by atoms with E-state index in [2.05, 4.69) is 20.8 Å². The molecule has 1 atom stereocenters. The van der Waals surface area contributed by atoms with Crippen molar-refractivity contribution in [2.24, 2.45) is 0 Å². The number of carbonyl (C=O) groups is 2. The van der Waals surface area contributed by atoms with Crippen molar-refractivity contribution in [1.29, 1.82) is 0 Å². The lowest BCUT2D eigenvalue weighted by Gasteiger charge is -2.18. The molecule has 0 aliphatic rings. The lowest BCUT2D eigenvalue weighted by atomic mass is 10.0. The summed E-state index contributed by atoms with van der Waals surface area (Å²) in [6, 6.07) is 12.6. The van der Waals surface area contributed by atoms with Crippen LogP contribution in [0.3, 0.4) is 0 Å². The number of hydrogen-bond acceptors (Lipinski definition) is 5. The van der Waals surface area contributed by atoms with E-state index in [1.807, 2.05) is 40.9 Å². The highest BCUT2D eigenvalue weighted by Gasteiger charge is 2.17. The van der Waals surface area contributed by atoms with E-state index in [9.17, 15) is 9.59 Å². The molecule has 0 aliphatic carbocycles. The molecule has 3 rings (SSSR count). The van der Waals surface area contributed by atoms with E-state index in [-0.39, 0.29) is 18.2 Å². The minimum atomic E-state index is -0.405. The molecule has 1 aromatic carbocycles. The largest absolute Gasteiger partial charge is 0.497 e. The lowest BCUT2D eigenvalue weighted by Crippen LogP contribution is -2.33. The fourth-order valence-corrected chi connectivity index (χ4v) is 2.97. The quantitative estimate of drug-likeness (QED) is 0.619. The number of carbonyl (C=O) groups excluding carboxylic acids is 2. The third kappa shape index (κ3) is 4.85. The number of amides is 2. The van der Waals surface area contributed by atoms with E-state index in [1.54, 1.807) is 19.2 Å². The summed E-state index contributed by atoms with van der Waals surface area (Å²) in [6.45, 7) is 1.87. The molecule has 2 amide bonds. The summed E-state index contributed by atoms with van der Waals surface area (Å²) in [5, 5.41) is 14.0. The topological polar surface area (TPSA) is 97.6 Å². The van der Waals surface area contributed by atoms with Gasteiger partial charge in [-0.05, 0) is 29.8 Å². The summed E-state index contributed by atoms with van der Waals surface area (Å²) >= 11 is 0. The van der Waals surface area contributed by atoms with Gasteiger partial charge in [0.25, 0.3) is 0 Å². The average molecular weight is 381 g/mol. The lowest BCUT2D eigenvalue weighted by molar-refractivity contribution is -0.122. The maximum atomic E-state index is 12.4. The minimum absolute atomic E-state index is 0.145. The van der Waals surface area contributed by atoms with Crippen LogP contribution in [0.4, 0.5) is 0 Å². The number of ether oxygens (including phenoxy) is 1. The smallest absolute Gasteiger partial charge is 0.222 e. The van der Waals surface area contributed by atoms with Crippen LogP contribution in [0, 0.1) is 0 Å². The Morgan fingerprint density at radius 3 is 2.64 bits per heavy atom. The molecule has 28 heavy (non-hydrogen) atoms. The van der Waals surface area contributed by atoms with Gasteiger partial charge in [-0.1, -0.05) is 18.2 Å². The predicted molar refractivity (Wildman–Crippen MR) is 104 cm³/mol. The first-order valence-electron chi connectivity index (χ1n) is 9.03. The molecule has 3 aromatic rings. The Hall–Kier alpha value is -3.42. The standard InChI is InChI=1S/C20H23N5O3/c1-14(26)22-17(15-6-8-16(28-2)9-7-15)13-20(27)21-11-10-19-24-23-18-5-3-4-12-25(18)19/h3-9,12,17H,10-11,13H2,1-2H3,(H,21,27)(H,22,26). The summed E-state index contributed by atoms with van der Waals surface area (Å²) < 4.78 is 7.04. The van der Waals surface area contributed by atoms with Gasteiger partial charge in [-0.2, -0.15) is 0 Å². The summed E-state index contributed by atoms with van der Waals surface area (Å²) in [5.41, 5.74) is 1.61. The third-order valence-corrected chi connectivity index (χ3v) is 4.34. The zero-order chi connectivity index (χ0) is 19.9. The number of fused-ring (bicyclic) bond motifs is 1. The number of pyridine rings is 1. The molecule has 0 fully saturated rings. The number of aromatic nitrogens is 3. The van der Waals surface area contributed by atoms with Crippen LogP contribution in [-0.4, -0.2) is 40.1 Å². The maximum Gasteiger partial charge on any atom is 0.222 e. The summed E-state index contributed by atoms with van der Waals surface area (Å²) in [6.07, 6.45) is 2.60. The minimum Gasteiger partial charge on any atom is -0.497 e. The van der Waals surface area contributed by atoms with Crippen LogP contribution in [0.15, 0.2) is 48.7 Å². The Kier molecular flexibility index (Phi) is 6.21. The molecule has 0 bridgehead atoms. The van der Waals surface area contributed by atoms with Crippen molar-refractivity contribution in [2.75, 3.05) is 13.7 Å². The molecule has 2 N–H and O–H groups in total. The molecule has 2 heterocycles. The average Bonchev–Trinajstić information content (AvgIpc) is 3.10. The SMILES string of the molecule is COc1ccc(C(CC(=O)NCCc2nnc3ccccn23)NC(C)=O)cc1. The molecule has 0 saturated heterocycles. The summed E-state index contributed by atoms with van der Waals surface area (Å²) in [5.74, 6) is 1.16. The summed E-state index contributed by atoms with van der Waals surface area (Å²) in [4.78, 5) is 23.9. The van der Waals surface area contributed by atoms with Gasteiger partial charge in [0, 0.05) is 26.1 Å². The van der Waals surface area contributed by atoms with E-state index in [0.29, 0.717) is 13.0 Å².